The van der Waals surface area contributed by atoms with Gasteiger partial charge in [0.1, 0.15) is 0 Å². The van der Waals surface area contributed by atoms with Crippen molar-refractivity contribution < 1.29 is 9.32 Å². The number of carbonyl (C=O) groups is 1. The lowest BCUT2D eigenvalue weighted by molar-refractivity contribution is 0.0695. The second kappa shape index (κ2) is 6.52. The zero-order valence-electron chi connectivity index (χ0n) is 13.9. The summed E-state index contributed by atoms with van der Waals surface area (Å²) >= 11 is 0. The number of nitrogens with zero attached hydrogens (tertiary/aromatic N) is 5. The number of hydrogen-bond donors (Lipinski definition) is 0. The Balaban J connectivity index is 1.68. The first-order valence-electron chi connectivity index (χ1n) is 8.13. The van der Waals surface area contributed by atoms with Crippen LogP contribution in [0.3, 0.4) is 0 Å². The van der Waals surface area contributed by atoms with Gasteiger partial charge in [0.2, 0.25) is 5.89 Å². The van der Waals surface area contributed by atoms with E-state index >= 15 is 0 Å². The minimum absolute atomic E-state index is 0.0183. The summed E-state index contributed by atoms with van der Waals surface area (Å²) < 4.78 is 7.07. The van der Waals surface area contributed by atoms with Crippen LogP contribution in [0.2, 0.25) is 0 Å². The second-order valence-corrected chi connectivity index (χ2v) is 6.64. The van der Waals surface area contributed by atoms with Crippen molar-refractivity contribution >= 4 is 5.91 Å². The average Bonchev–Trinajstić information content (AvgIpc) is 3.15. The molecule has 1 aliphatic heterocycles. The second-order valence-electron chi connectivity index (χ2n) is 6.64. The van der Waals surface area contributed by atoms with Crippen LogP contribution in [0.5, 0.6) is 0 Å². The lowest BCUT2D eigenvalue weighted by atomic mass is 9.97. The van der Waals surface area contributed by atoms with Crippen LogP contribution < -0.4 is 0 Å². The van der Waals surface area contributed by atoms with Crippen LogP contribution in [0.1, 0.15) is 54.7 Å². The highest BCUT2D eigenvalue weighted by Crippen LogP contribution is 2.27. The molecule has 3 rings (SSSR count). The zero-order valence-corrected chi connectivity index (χ0v) is 13.9. The quantitative estimate of drug-likeness (QED) is 0.862. The molecule has 0 unspecified atom stereocenters. The molecule has 0 aromatic carbocycles. The number of piperidine rings is 1. The summed E-state index contributed by atoms with van der Waals surface area (Å²) in [6.07, 6.45) is 6.09. The Labute approximate surface area is 135 Å². The van der Waals surface area contributed by atoms with Crippen molar-refractivity contribution in [1.82, 2.24) is 24.8 Å². The normalized spacial score (nSPS) is 18.6. The lowest BCUT2D eigenvalue weighted by Gasteiger charge is -2.30. The SMILES string of the molecule is CC(C)Cc1noc([C@@H]2CCCN(C(=O)c3cnn(C)c3)C2)n1. The van der Waals surface area contributed by atoms with E-state index in [-0.39, 0.29) is 11.8 Å². The lowest BCUT2D eigenvalue weighted by Crippen LogP contribution is -2.39. The van der Waals surface area contributed by atoms with Crippen LogP contribution in [0, 0.1) is 5.92 Å². The number of aromatic nitrogens is 4. The Bertz CT molecular complexity index is 676. The van der Waals surface area contributed by atoms with Gasteiger partial charge in [-0.1, -0.05) is 19.0 Å². The number of likely N-dealkylation sites (tertiary alicyclic amines) is 1. The highest BCUT2D eigenvalue weighted by Gasteiger charge is 2.29. The summed E-state index contributed by atoms with van der Waals surface area (Å²) in [6.45, 7) is 5.64. The molecule has 0 N–H and O–H groups in total. The summed E-state index contributed by atoms with van der Waals surface area (Å²) in [4.78, 5) is 18.9. The van der Waals surface area contributed by atoms with Crippen LogP contribution >= 0.6 is 0 Å². The van der Waals surface area contributed by atoms with E-state index in [1.165, 1.54) is 0 Å². The summed E-state index contributed by atoms with van der Waals surface area (Å²) in [5.41, 5.74) is 0.624. The molecular formula is C16H23N5O2. The molecule has 1 aliphatic rings. The fraction of sp³-hybridized carbons (Fsp3) is 0.625. The van der Waals surface area contributed by atoms with Crippen molar-refractivity contribution in [2.45, 2.75) is 39.0 Å². The molecule has 0 radical (unpaired) electrons. The molecule has 7 nitrogen and oxygen atoms in total. The van der Waals surface area contributed by atoms with E-state index in [1.807, 2.05) is 11.9 Å². The van der Waals surface area contributed by atoms with Gasteiger partial charge in [0.05, 0.1) is 17.7 Å². The summed E-state index contributed by atoms with van der Waals surface area (Å²) in [6, 6.07) is 0. The zero-order chi connectivity index (χ0) is 16.4. The molecule has 7 heteroatoms. The fourth-order valence-electron chi connectivity index (χ4n) is 2.96. The smallest absolute Gasteiger partial charge is 0.257 e. The first kappa shape index (κ1) is 15.7. The van der Waals surface area contributed by atoms with Gasteiger partial charge in [0.25, 0.3) is 5.91 Å². The van der Waals surface area contributed by atoms with E-state index in [0.29, 0.717) is 23.9 Å². The largest absolute Gasteiger partial charge is 0.339 e. The Morgan fingerprint density at radius 2 is 2.30 bits per heavy atom. The van der Waals surface area contributed by atoms with Gasteiger partial charge in [-0.2, -0.15) is 10.1 Å². The highest BCUT2D eigenvalue weighted by molar-refractivity contribution is 5.93. The summed E-state index contributed by atoms with van der Waals surface area (Å²) in [5, 5.41) is 8.13. The van der Waals surface area contributed by atoms with E-state index in [2.05, 4.69) is 29.1 Å². The maximum absolute atomic E-state index is 12.5. The number of rotatable bonds is 4. The molecule has 0 bridgehead atoms. The average molecular weight is 317 g/mol. The minimum atomic E-state index is 0.0183. The molecule has 23 heavy (non-hydrogen) atoms. The first-order valence-corrected chi connectivity index (χ1v) is 8.13. The van der Waals surface area contributed by atoms with Crippen molar-refractivity contribution in [3.8, 4) is 0 Å². The summed E-state index contributed by atoms with van der Waals surface area (Å²) in [7, 11) is 1.81. The van der Waals surface area contributed by atoms with E-state index in [4.69, 9.17) is 4.52 Å². The van der Waals surface area contributed by atoms with Crippen molar-refractivity contribution in [3.05, 3.63) is 29.7 Å². The molecule has 3 heterocycles. The Morgan fingerprint density at radius 1 is 1.48 bits per heavy atom. The molecule has 2 aromatic rings. The third-order valence-electron chi connectivity index (χ3n) is 4.08. The number of carbonyl (C=O) groups excluding carboxylic acids is 1. The van der Waals surface area contributed by atoms with Gasteiger partial charge >= 0.3 is 0 Å². The van der Waals surface area contributed by atoms with Gasteiger partial charge in [-0.15, -0.1) is 0 Å². The Morgan fingerprint density at radius 3 is 3.00 bits per heavy atom. The molecule has 0 spiro atoms. The molecule has 0 saturated carbocycles. The van der Waals surface area contributed by atoms with Gasteiger partial charge < -0.3 is 9.42 Å². The van der Waals surface area contributed by atoms with E-state index in [9.17, 15) is 4.79 Å². The molecule has 1 atom stereocenters. The van der Waals surface area contributed by atoms with E-state index in [1.54, 1.807) is 17.1 Å². The van der Waals surface area contributed by atoms with Crippen molar-refractivity contribution in [2.75, 3.05) is 13.1 Å². The maximum Gasteiger partial charge on any atom is 0.257 e. The number of hydrogen-bond acceptors (Lipinski definition) is 5. The summed E-state index contributed by atoms with van der Waals surface area (Å²) in [5.74, 6) is 2.05. The van der Waals surface area contributed by atoms with Crippen molar-refractivity contribution in [2.24, 2.45) is 13.0 Å². The standard InChI is InChI=1S/C16H23N5O2/c1-11(2)7-14-18-15(23-19-14)12-5-4-6-21(10-12)16(22)13-8-17-20(3)9-13/h8-9,11-12H,4-7,10H2,1-3H3/t12-/m1/s1. The fourth-order valence-corrected chi connectivity index (χ4v) is 2.96. The topological polar surface area (TPSA) is 77.0 Å². The molecule has 2 aromatic heterocycles. The van der Waals surface area contributed by atoms with E-state index < -0.39 is 0 Å². The van der Waals surface area contributed by atoms with Crippen molar-refractivity contribution in [3.63, 3.8) is 0 Å². The van der Waals surface area contributed by atoms with Gasteiger partial charge in [-0.3, -0.25) is 9.48 Å². The van der Waals surface area contributed by atoms with Gasteiger partial charge in [0.15, 0.2) is 5.82 Å². The van der Waals surface area contributed by atoms with Gasteiger partial charge in [-0.25, -0.2) is 0 Å². The predicted molar refractivity (Wildman–Crippen MR) is 83.9 cm³/mol. The molecule has 124 valence electrons. The van der Waals surface area contributed by atoms with Crippen LogP contribution in [0.4, 0.5) is 0 Å². The van der Waals surface area contributed by atoms with Crippen LogP contribution in [0.25, 0.3) is 0 Å². The van der Waals surface area contributed by atoms with Crippen LogP contribution in [-0.4, -0.2) is 43.8 Å². The number of amides is 1. The Kier molecular flexibility index (Phi) is 4.45. The molecule has 1 amide bonds. The van der Waals surface area contributed by atoms with Crippen molar-refractivity contribution in [1.29, 1.82) is 0 Å². The Hall–Kier alpha value is -2.18. The predicted octanol–water partition coefficient (Wildman–Crippen LogP) is 2.02. The van der Waals surface area contributed by atoms with Gasteiger partial charge in [-0.05, 0) is 18.8 Å². The number of aryl methyl sites for hydroxylation is 1. The van der Waals surface area contributed by atoms with Crippen LogP contribution in [0.15, 0.2) is 16.9 Å². The minimum Gasteiger partial charge on any atom is -0.339 e. The highest BCUT2D eigenvalue weighted by atomic mass is 16.5. The molecule has 0 aliphatic carbocycles. The molecule has 1 fully saturated rings. The third-order valence-corrected chi connectivity index (χ3v) is 4.08. The van der Waals surface area contributed by atoms with Gasteiger partial charge in [0, 0.05) is 32.8 Å². The monoisotopic (exact) mass is 317 g/mol. The third kappa shape index (κ3) is 3.60. The first-order chi connectivity index (χ1) is 11.0. The maximum atomic E-state index is 12.5. The van der Waals surface area contributed by atoms with E-state index in [0.717, 1.165) is 31.6 Å². The molecular weight excluding hydrogens is 294 g/mol. The molecule has 1 saturated heterocycles. The van der Waals surface area contributed by atoms with Crippen LogP contribution in [-0.2, 0) is 13.5 Å².